The Morgan fingerprint density at radius 2 is 1.86 bits per heavy atom. The lowest BCUT2D eigenvalue weighted by atomic mass is 9.74. The molecule has 0 aromatic rings. The fraction of sp³-hybridized carbons (Fsp3) is 0.900. The van der Waals surface area contributed by atoms with Gasteiger partial charge in [-0.3, -0.25) is 4.79 Å². The van der Waals surface area contributed by atoms with Crippen molar-refractivity contribution in [1.29, 1.82) is 0 Å². The molecule has 0 rings (SSSR count). The van der Waals surface area contributed by atoms with E-state index in [1.165, 1.54) is 0 Å². The second-order valence-electron chi connectivity index (χ2n) is 4.60. The Morgan fingerprint density at radius 1 is 1.36 bits per heavy atom. The molecule has 0 heterocycles. The van der Waals surface area contributed by atoms with E-state index in [2.05, 4.69) is 5.32 Å². The van der Waals surface area contributed by atoms with Gasteiger partial charge in [0, 0.05) is 17.8 Å². The highest BCUT2D eigenvalue weighted by Crippen LogP contribution is 2.28. The Morgan fingerprint density at radius 3 is 2.21 bits per heavy atom. The smallest absolute Gasteiger partial charge is 0.227 e. The van der Waals surface area contributed by atoms with Gasteiger partial charge in [-0.25, -0.2) is 0 Å². The molecule has 0 fully saturated rings. The van der Waals surface area contributed by atoms with Gasteiger partial charge in [-0.1, -0.05) is 0 Å². The van der Waals surface area contributed by atoms with Crippen molar-refractivity contribution in [3.63, 3.8) is 0 Å². The van der Waals surface area contributed by atoms with E-state index >= 15 is 0 Å². The number of rotatable bonds is 5. The summed E-state index contributed by atoms with van der Waals surface area (Å²) in [6.45, 7) is 8.21. The molecule has 3 nitrogen and oxygen atoms in total. The first-order valence-corrected chi connectivity index (χ1v) is 6.19. The van der Waals surface area contributed by atoms with Crippen LogP contribution in [0.5, 0.6) is 0 Å². The van der Waals surface area contributed by atoms with Crippen LogP contribution >= 0.6 is 11.8 Å². The first-order valence-electron chi connectivity index (χ1n) is 4.79. The summed E-state index contributed by atoms with van der Waals surface area (Å²) >= 11 is 1.72. The van der Waals surface area contributed by atoms with Crippen LogP contribution in [0.1, 0.15) is 27.7 Å². The van der Waals surface area contributed by atoms with Gasteiger partial charge >= 0.3 is 0 Å². The molecule has 0 unspecified atom stereocenters. The lowest BCUT2D eigenvalue weighted by molar-refractivity contribution is -0.132. The van der Waals surface area contributed by atoms with E-state index < -0.39 is 11.0 Å². The number of carbonyl (C=O) groups excluding carboxylic acids is 1. The summed E-state index contributed by atoms with van der Waals surface area (Å²) in [7, 11) is 0. The zero-order chi connectivity index (χ0) is 11.4. The number of carbonyl (C=O) groups is 1. The molecule has 0 aromatic carbocycles. The Bertz CT molecular complexity index is 197. The summed E-state index contributed by atoms with van der Waals surface area (Å²) in [5.41, 5.74) is 4.91. The van der Waals surface area contributed by atoms with Gasteiger partial charge in [0.1, 0.15) is 0 Å². The molecule has 0 aliphatic heterocycles. The van der Waals surface area contributed by atoms with Gasteiger partial charge in [0.2, 0.25) is 5.91 Å². The van der Waals surface area contributed by atoms with Crippen molar-refractivity contribution in [2.75, 3.05) is 18.6 Å². The third-order valence-electron chi connectivity index (χ3n) is 2.77. The van der Waals surface area contributed by atoms with Crippen molar-refractivity contribution >= 4 is 17.7 Å². The third-order valence-corrected chi connectivity index (χ3v) is 3.38. The summed E-state index contributed by atoms with van der Waals surface area (Å²) in [6.07, 6.45) is 2.02. The van der Waals surface area contributed by atoms with Crippen molar-refractivity contribution in [3.8, 4) is 0 Å². The van der Waals surface area contributed by atoms with Crippen LogP contribution in [0.3, 0.4) is 0 Å². The Hall–Kier alpha value is -0.220. The van der Waals surface area contributed by atoms with Gasteiger partial charge in [0.15, 0.2) is 0 Å². The van der Waals surface area contributed by atoms with E-state index in [9.17, 15) is 4.79 Å². The minimum absolute atomic E-state index is 0.0269. The van der Waals surface area contributed by atoms with Gasteiger partial charge < -0.3 is 11.1 Å². The second-order valence-corrected chi connectivity index (χ2v) is 5.58. The van der Waals surface area contributed by atoms with Crippen LogP contribution in [0.4, 0.5) is 0 Å². The monoisotopic (exact) mass is 218 g/mol. The summed E-state index contributed by atoms with van der Waals surface area (Å²) in [5, 5.41) is 2.89. The van der Waals surface area contributed by atoms with Gasteiger partial charge in [-0.05, 0) is 34.0 Å². The number of hydrogen-bond donors (Lipinski definition) is 2. The molecule has 1 amide bonds. The minimum atomic E-state index is -0.536. The summed E-state index contributed by atoms with van der Waals surface area (Å²) in [6, 6.07) is 0. The molecule has 4 heteroatoms. The SMILES string of the molecule is CSCCNC(=O)C(C)(C)C(C)(C)N. The maximum Gasteiger partial charge on any atom is 0.227 e. The minimum Gasteiger partial charge on any atom is -0.355 e. The van der Waals surface area contributed by atoms with Gasteiger partial charge in [0.25, 0.3) is 0 Å². The predicted octanol–water partition coefficient (Wildman–Crippen LogP) is 1.23. The first-order chi connectivity index (χ1) is 6.23. The fourth-order valence-corrected chi connectivity index (χ4v) is 1.09. The molecule has 0 saturated heterocycles. The fourth-order valence-electron chi connectivity index (χ4n) is 0.780. The highest BCUT2D eigenvalue weighted by molar-refractivity contribution is 7.98. The maximum atomic E-state index is 11.8. The van der Waals surface area contributed by atoms with Crippen molar-refractivity contribution < 1.29 is 4.79 Å². The van der Waals surface area contributed by atoms with Crippen molar-refractivity contribution in [3.05, 3.63) is 0 Å². The van der Waals surface area contributed by atoms with Crippen molar-refractivity contribution in [2.45, 2.75) is 33.2 Å². The highest BCUT2D eigenvalue weighted by Gasteiger charge is 2.39. The van der Waals surface area contributed by atoms with Crippen LogP contribution in [-0.4, -0.2) is 30.0 Å². The summed E-state index contributed by atoms with van der Waals surface area (Å²) < 4.78 is 0. The normalized spacial score (nSPS) is 12.7. The molecule has 84 valence electrons. The zero-order valence-electron chi connectivity index (χ0n) is 9.81. The van der Waals surface area contributed by atoms with Crippen LogP contribution in [0.2, 0.25) is 0 Å². The quantitative estimate of drug-likeness (QED) is 0.682. The standard InChI is InChI=1S/C10H22N2OS/c1-9(2,10(3,4)11)8(13)12-6-7-14-5/h6-7,11H2,1-5H3,(H,12,13). The van der Waals surface area contributed by atoms with Crippen LogP contribution in [0.25, 0.3) is 0 Å². The van der Waals surface area contributed by atoms with E-state index in [-0.39, 0.29) is 5.91 Å². The molecular formula is C10H22N2OS. The lowest BCUT2D eigenvalue weighted by Gasteiger charge is -2.36. The van der Waals surface area contributed by atoms with Crippen molar-refractivity contribution in [1.82, 2.24) is 5.32 Å². The van der Waals surface area contributed by atoms with Gasteiger partial charge in [-0.15, -0.1) is 0 Å². The maximum absolute atomic E-state index is 11.8. The molecule has 14 heavy (non-hydrogen) atoms. The largest absolute Gasteiger partial charge is 0.355 e. The molecule has 0 spiro atoms. The topological polar surface area (TPSA) is 55.1 Å². The van der Waals surface area contributed by atoms with Crippen LogP contribution in [0.15, 0.2) is 0 Å². The Kier molecular flexibility index (Phi) is 4.95. The van der Waals surface area contributed by atoms with Crippen LogP contribution in [0, 0.1) is 5.41 Å². The highest BCUT2D eigenvalue weighted by atomic mass is 32.2. The number of amides is 1. The molecule has 0 saturated carbocycles. The summed E-state index contributed by atoms with van der Waals surface area (Å²) in [4.78, 5) is 11.8. The van der Waals surface area contributed by atoms with E-state index in [1.807, 2.05) is 34.0 Å². The average Bonchev–Trinajstić information content (AvgIpc) is 2.02. The second kappa shape index (κ2) is 5.03. The van der Waals surface area contributed by atoms with Crippen LogP contribution < -0.4 is 11.1 Å². The van der Waals surface area contributed by atoms with Crippen molar-refractivity contribution in [2.24, 2.45) is 11.1 Å². The average molecular weight is 218 g/mol. The van der Waals surface area contributed by atoms with E-state index in [4.69, 9.17) is 5.73 Å². The number of hydrogen-bond acceptors (Lipinski definition) is 3. The van der Waals surface area contributed by atoms with E-state index in [1.54, 1.807) is 11.8 Å². The number of nitrogens with one attached hydrogen (secondary N) is 1. The molecule has 0 radical (unpaired) electrons. The summed E-state index contributed by atoms with van der Waals surface area (Å²) in [5.74, 6) is 0.964. The van der Waals surface area contributed by atoms with E-state index in [0.717, 1.165) is 5.75 Å². The van der Waals surface area contributed by atoms with Gasteiger partial charge in [0.05, 0.1) is 5.41 Å². The zero-order valence-corrected chi connectivity index (χ0v) is 10.6. The Labute approximate surface area is 91.2 Å². The number of thioether (sulfide) groups is 1. The lowest BCUT2D eigenvalue weighted by Crippen LogP contribution is -2.55. The molecule has 0 aliphatic rings. The van der Waals surface area contributed by atoms with Crippen LogP contribution in [-0.2, 0) is 4.79 Å². The molecule has 0 bridgehead atoms. The number of nitrogens with two attached hydrogens (primary N) is 1. The molecular weight excluding hydrogens is 196 g/mol. The molecule has 0 aromatic heterocycles. The van der Waals surface area contributed by atoms with E-state index in [0.29, 0.717) is 6.54 Å². The molecule has 0 atom stereocenters. The van der Waals surface area contributed by atoms with Gasteiger partial charge in [-0.2, -0.15) is 11.8 Å². The molecule has 0 aliphatic carbocycles. The predicted molar refractivity (Wildman–Crippen MR) is 63.4 cm³/mol. The third kappa shape index (κ3) is 3.50. The first kappa shape index (κ1) is 13.8. The molecule has 3 N–H and O–H groups in total. The Balaban J connectivity index is 4.23.